The minimum atomic E-state index is -1.82. The normalized spacial score (nSPS) is 12.4. The Hall–Kier alpha value is -1.30. The van der Waals surface area contributed by atoms with E-state index in [0.717, 1.165) is 18.2 Å². The number of carboxylic acids is 1. The molecule has 0 heterocycles. The predicted molar refractivity (Wildman–Crippen MR) is 49.9 cm³/mol. The summed E-state index contributed by atoms with van der Waals surface area (Å²) in [5, 5.41) is 8.33. The molecule has 1 N–H and O–H groups in total. The van der Waals surface area contributed by atoms with Gasteiger partial charge in [0.25, 0.3) is 0 Å². The summed E-state index contributed by atoms with van der Waals surface area (Å²) < 4.78 is 37.1. The summed E-state index contributed by atoms with van der Waals surface area (Å²) in [7, 11) is -1.82. The molecule has 0 fully saturated rings. The van der Waals surface area contributed by atoms with E-state index in [2.05, 4.69) is 0 Å². The van der Waals surface area contributed by atoms with Crippen LogP contribution in [0.3, 0.4) is 0 Å². The molecule has 0 saturated heterocycles. The van der Waals surface area contributed by atoms with Gasteiger partial charge in [-0.3, -0.25) is 9.00 Å². The van der Waals surface area contributed by atoms with Crippen LogP contribution in [-0.2, 0) is 15.6 Å². The van der Waals surface area contributed by atoms with Crippen LogP contribution < -0.4 is 0 Å². The molecule has 0 amide bonds. The lowest BCUT2D eigenvalue weighted by atomic mass is 10.3. The molecule has 0 aliphatic rings. The molecule has 0 radical (unpaired) electrons. The molecule has 1 aromatic rings. The van der Waals surface area contributed by atoms with Gasteiger partial charge in [0, 0.05) is 5.75 Å². The van der Waals surface area contributed by atoms with Gasteiger partial charge in [-0.1, -0.05) is 0 Å². The quantitative estimate of drug-likeness (QED) is 0.859. The van der Waals surface area contributed by atoms with Crippen LogP contribution in [0.4, 0.5) is 8.78 Å². The number of benzene rings is 1. The molecule has 1 rings (SSSR count). The molecule has 1 atom stereocenters. The summed E-state index contributed by atoms with van der Waals surface area (Å²) in [6.07, 6.45) is -0.345. The average molecular weight is 234 g/mol. The summed E-state index contributed by atoms with van der Waals surface area (Å²) in [5.74, 6) is -2.84. The Morgan fingerprint density at radius 3 is 2.67 bits per heavy atom. The van der Waals surface area contributed by atoms with Crippen LogP contribution >= 0.6 is 0 Å². The first-order valence-corrected chi connectivity index (χ1v) is 5.38. The van der Waals surface area contributed by atoms with Crippen molar-refractivity contribution in [2.45, 2.75) is 11.3 Å². The third-order valence-corrected chi connectivity index (χ3v) is 3.02. The summed E-state index contributed by atoms with van der Waals surface area (Å²) in [6, 6.07) is 2.59. The highest BCUT2D eigenvalue weighted by Gasteiger charge is 2.12. The van der Waals surface area contributed by atoms with Crippen molar-refractivity contribution >= 4 is 16.8 Å². The fraction of sp³-hybridized carbons (Fsp3) is 0.222. The highest BCUT2D eigenvalue weighted by Crippen LogP contribution is 2.14. The highest BCUT2D eigenvalue weighted by molar-refractivity contribution is 7.85. The molecule has 6 heteroatoms. The number of carbonyl (C=O) groups is 1. The smallest absolute Gasteiger partial charge is 0.304 e. The SMILES string of the molecule is O=C(O)CCS(=O)c1cc(F)ccc1F. The Bertz CT molecular complexity index is 406. The van der Waals surface area contributed by atoms with Crippen molar-refractivity contribution in [2.75, 3.05) is 5.75 Å². The number of halogens is 2. The molecule has 0 saturated carbocycles. The fourth-order valence-corrected chi connectivity index (χ4v) is 2.05. The fourth-order valence-electron chi connectivity index (χ4n) is 0.942. The van der Waals surface area contributed by atoms with Crippen LogP contribution in [0.15, 0.2) is 23.1 Å². The van der Waals surface area contributed by atoms with Gasteiger partial charge in [0.1, 0.15) is 11.6 Å². The summed E-state index contributed by atoms with van der Waals surface area (Å²) in [4.78, 5) is 9.89. The Morgan fingerprint density at radius 1 is 1.40 bits per heavy atom. The molecule has 0 aliphatic heterocycles. The van der Waals surface area contributed by atoms with E-state index in [-0.39, 0.29) is 17.1 Å². The van der Waals surface area contributed by atoms with Gasteiger partial charge in [-0.2, -0.15) is 0 Å². The lowest BCUT2D eigenvalue weighted by molar-refractivity contribution is -0.136. The van der Waals surface area contributed by atoms with E-state index in [1.807, 2.05) is 0 Å². The van der Waals surface area contributed by atoms with Crippen molar-refractivity contribution < 1.29 is 22.9 Å². The third kappa shape index (κ3) is 3.39. The standard InChI is InChI=1S/C9H8F2O3S/c10-6-1-2-7(11)8(5-6)15(14)4-3-9(12)13/h1-2,5H,3-4H2,(H,12,13). The topological polar surface area (TPSA) is 54.4 Å². The van der Waals surface area contributed by atoms with Gasteiger partial charge in [-0.05, 0) is 18.2 Å². The van der Waals surface area contributed by atoms with E-state index in [9.17, 15) is 17.8 Å². The molecule has 3 nitrogen and oxygen atoms in total. The van der Waals surface area contributed by atoms with Crippen molar-refractivity contribution in [2.24, 2.45) is 0 Å². The largest absolute Gasteiger partial charge is 0.481 e. The Labute approximate surface area is 87.2 Å². The molecule has 82 valence electrons. The number of rotatable bonds is 4. The van der Waals surface area contributed by atoms with Crippen molar-refractivity contribution in [3.63, 3.8) is 0 Å². The number of hydrogen-bond donors (Lipinski definition) is 1. The minimum absolute atomic E-state index is 0.226. The van der Waals surface area contributed by atoms with Gasteiger partial charge in [0.2, 0.25) is 0 Å². The number of hydrogen-bond acceptors (Lipinski definition) is 2. The molecule has 0 aliphatic carbocycles. The van der Waals surface area contributed by atoms with Crippen molar-refractivity contribution in [3.8, 4) is 0 Å². The second-order valence-electron chi connectivity index (χ2n) is 2.77. The summed E-state index contributed by atoms with van der Waals surface area (Å²) in [6.45, 7) is 0. The van der Waals surface area contributed by atoms with Crippen LogP contribution in [0.1, 0.15) is 6.42 Å². The van der Waals surface area contributed by atoms with E-state index in [1.54, 1.807) is 0 Å². The zero-order valence-electron chi connectivity index (χ0n) is 7.57. The maximum atomic E-state index is 13.0. The van der Waals surface area contributed by atoms with Gasteiger partial charge in [-0.15, -0.1) is 0 Å². The molecule has 0 aromatic heterocycles. The molecule has 0 bridgehead atoms. The van der Waals surface area contributed by atoms with Crippen LogP contribution in [0.2, 0.25) is 0 Å². The van der Waals surface area contributed by atoms with Crippen LogP contribution in [0.25, 0.3) is 0 Å². The molecule has 1 unspecified atom stereocenters. The van der Waals surface area contributed by atoms with E-state index in [4.69, 9.17) is 5.11 Å². The predicted octanol–water partition coefficient (Wildman–Crippen LogP) is 1.55. The van der Waals surface area contributed by atoms with Gasteiger partial charge >= 0.3 is 5.97 Å². The second-order valence-corrected chi connectivity index (χ2v) is 4.31. The Kier molecular flexibility index (Phi) is 3.90. The monoisotopic (exact) mass is 234 g/mol. The molecular weight excluding hydrogens is 226 g/mol. The van der Waals surface area contributed by atoms with Gasteiger partial charge in [-0.25, -0.2) is 8.78 Å². The lowest BCUT2D eigenvalue weighted by Gasteiger charge is -2.02. The summed E-state index contributed by atoms with van der Waals surface area (Å²) >= 11 is 0. The highest BCUT2D eigenvalue weighted by atomic mass is 32.2. The van der Waals surface area contributed by atoms with Gasteiger partial charge < -0.3 is 5.11 Å². The van der Waals surface area contributed by atoms with Crippen LogP contribution in [0, 0.1) is 11.6 Å². The average Bonchev–Trinajstić information content (AvgIpc) is 2.18. The number of aliphatic carboxylic acids is 1. The number of carboxylic acid groups (broad SMARTS) is 1. The van der Waals surface area contributed by atoms with E-state index < -0.39 is 28.4 Å². The molecular formula is C9H8F2O3S. The minimum Gasteiger partial charge on any atom is -0.481 e. The third-order valence-electron chi connectivity index (χ3n) is 1.64. The summed E-state index contributed by atoms with van der Waals surface area (Å²) in [5.41, 5.74) is 0. The van der Waals surface area contributed by atoms with Gasteiger partial charge in [0.15, 0.2) is 0 Å². The first-order valence-electron chi connectivity index (χ1n) is 4.06. The second kappa shape index (κ2) is 4.97. The zero-order valence-corrected chi connectivity index (χ0v) is 8.39. The van der Waals surface area contributed by atoms with Crippen LogP contribution in [0.5, 0.6) is 0 Å². The molecule has 0 spiro atoms. The lowest BCUT2D eigenvalue weighted by Crippen LogP contribution is -2.06. The van der Waals surface area contributed by atoms with Gasteiger partial charge in [0.05, 0.1) is 22.1 Å². The van der Waals surface area contributed by atoms with E-state index >= 15 is 0 Å². The van der Waals surface area contributed by atoms with Crippen molar-refractivity contribution in [3.05, 3.63) is 29.8 Å². The van der Waals surface area contributed by atoms with Crippen molar-refractivity contribution in [1.29, 1.82) is 0 Å². The zero-order chi connectivity index (χ0) is 11.4. The van der Waals surface area contributed by atoms with Crippen molar-refractivity contribution in [1.82, 2.24) is 0 Å². The van der Waals surface area contributed by atoms with E-state index in [1.165, 1.54) is 0 Å². The van der Waals surface area contributed by atoms with Crippen LogP contribution in [-0.4, -0.2) is 21.0 Å². The molecule has 1 aromatic carbocycles. The first kappa shape index (κ1) is 11.8. The Morgan fingerprint density at radius 2 is 2.07 bits per heavy atom. The maximum absolute atomic E-state index is 13.0. The van der Waals surface area contributed by atoms with E-state index in [0.29, 0.717) is 0 Å². The Balaban J connectivity index is 2.81. The maximum Gasteiger partial charge on any atom is 0.304 e. The first-order chi connectivity index (χ1) is 7.00. The molecule has 15 heavy (non-hydrogen) atoms.